The average molecular weight is 294 g/mol. The van der Waals surface area contributed by atoms with Crippen LogP contribution in [-0.2, 0) is 25.9 Å². The van der Waals surface area contributed by atoms with Crippen molar-refractivity contribution in [3.63, 3.8) is 0 Å². The van der Waals surface area contributed by atoms with E-state index in [1.807, 2.05) is 11.8 Å². The molecule has 4 nitrogen and oxygen atoms in total. The molecule has 0 saturated carbocycles. The zero-order valence-corrected chi connectivity index (χ0v) is 10.3. The number of hydrogen-bond acceptors (Lipinski definition) is 3. The second kappa shape index (κ2) is 4.99. The third-order valence-electron chi connectivity index (χ3n) is 2.71. The molecule has 1 aromatic carbocycles. The Balaban J connectivity index is 0.00000112. The zero-order chi connectivity index (χ0) is 10.1. The van der Waals surface area contributed by atoms with Crippen molar-refractivity contribution >= 4 is 5.69 Å². The molecule has 0 amide bonds. The molecule has 15 heavy (non-hydrogen) atoms. The van der Waals surface area contributed by atoms with Crippen LogP contribution in [0.2, 0.25) is 0 Å². The van der Waals surface area contributed by atoms with E-state index in [0.29, 0.717) is 17.7 Å². The van der Waals surface area contributed by atoms with Gasteiger partial charge in [0.2, 0.25) is 10.9 Å². The van der Waals surface area contributed by atoms with Gasteiger partial charge in [-0.2, -0.15) is 0 Å². The molecule has 0 N–H and O–H groups in total. The Morgan fingerprint density at radius 1 is 1.20 bits per heavy atom. The summed E-state index contributed by atoms with van der Waals surface area (Å²) in [5, 5.41) is 4.20. The topological polar surface area (TPSA) is 51.5 Å². The molecule has 0 spiro atoms. The van der Waals surface area contributed by atoms with Gasteiger partial charge in [-0.15, -0.1) is 13.1 Å². The molecule has 1 aromatic rings. The van der Waals surface area contributed by atoms with Crippen LogP contribution in [0, 0.1) is 0 Å². The van der Waals surface area contributed by atoms with Crippen LogP contribution < -0.4 is 15.8 Å². The van der Waals surface area contributed by atoms with Gasteiger partial charge in [-0.3, -0.25) is 9.59 Å². The molecule has 0 aliphatic carbocycles. The molecule has 1 aliphatic rings. The van der Waals surface area contributed by atoms with Gasteiger partial charge in [0.25, 0.3) is 0 Å². The van der Waals surface area contributed by atoms with E-state index in [9.17, 15) is 9.59 Å². The minimum absolute atomic E-state index is 0. The Labute approximate surface area is 101 Å². The second-order valence-electron chi connectivity index (χ2n) is 3.50. The van der Waals surface area contributed by atoms with Gasteiger partial charge in [-0.25, -0.2) is 0 Å². The van der Waals surface area contributed by atoms with E-state index in [1.54, 1.807) is 0 Å². The summed E-state index contributed by atoms with van der Waals surface area (Å²) in [6.07, 6.45) is 0.660. The van der Waals surface area contributed by atoms with Crippen molar-refractivity contribution in [3.8, 4) is 0 Å². The van der Waals surface area contributed by atoms with Gasteiger partial charge < -0.3 is 10.2 Å². The van der Waals surface area contributed by atoms with Crippen molar-refractivity contribution in [2.45, 2.75) is 13.3 Å². The normalized spacial score (nSPS) is 16.5. The number of anilines is 1. The van der Waals surface area contributed by atoms with Crippen LogP contribution in [0.4, 0.5) is 5.69 Å². The monoisotopic (exact) mass is 295 g/mol. The molecule has 1 saturated heterocycles. The molecule has 1 heterocycles. The van der Waals surface area contributed by atoms with Gasteiger partial charge in [0.1, 0.15) is 0 Å². The van der Waals surface area contributed by atoms with Crippen LogP contribution >= 0.6 is 0 Å². The number of nitrogens with zero attached hydrogens (tertiary/aromatic N) is 2. The maximum Gasteiger partial charge on any atom is 1.00 e. The Bertz CT molecular complexity index is 403. The van der Waals surface area contributed by atoms with E-state index in [-0.39, 0.29) is 30.3 Å². The number of hydrogen-bond donors (Lipinski definition) is 0. The summed E-state index contributed by atoms with van der Waals surface area (Å²) in [6.45, 7) is 4.99. The van der Waals surface area contributed by atoms with E-state index in [2.05, 4.69) is 5.32 Å². The predicted octanol–water partition coefficient (Wildman–Crippen LogP) is 0.0362. The Morgan fingerprint density at radius 3 is 2.33 bits per heavy atom. The first-order valence-corrected chi connectivity index (χ1v) is 4.96. The van der Waals surface area contributed by atoms with Gasteiger partial charge in [0.05, 0.1) is 5.69 Å². The molecular weight excluding hydrogens is 281 g/mol. The van der Waals surface area contributed by atoms with Gasteiger partial charge in [-0.1, -0.05) is 6.92 Å². The quantitative estimate of drug-likeness (QED) is 0.571. The standard InChI is InChI=1S/C10H13N2O2.Ru/c1-2-7-8(10(14)9(7)13)12-5-3-11-4-6-12;/h2-6H2,1H3;/q-1;+1. The Kier molecular flexibility index (Phi) is 4.17. The molecule has 5 heteroatoms. The third kappa shape index (κ3) is 2.04. The minimum atomic E-state index is -0.302. The molecule has 0 aromatic heterocycles. The van der Waals surface area contributed by atoms with E-state index >= 15 is 0 Å². The van der Waals surface area contributed by atoms with Gasteiger partial charge in [0.15, 0.2) is 0 Å². The fourth-order valence-corrected chi connectivity index (χ4v) is 1.92. The van der Waals surface area contributed by atoms with Crippen molar-refractivity contribution in [1.82, 2.24) is 0 Å². The molecule has 1 fully saturated rings. The summed E-state index contributed by atoms with van der Waals surface area (Å²) < 4.78 is 0. The smallest absolute Gasteiger partial charge is 0.659 e. The van der Waals surface area contributed by atoms with Crippen molar-refractivity contribution in [1.29, 1.82) is 0 Å². The van der Waals surface area contributed by atoms with Crippen LogP contribution in [0.1, 0.15) is 12.5 Å². The number of rotatable bonds is 2. The summed E-state index contributed by atoms with van der Waals surface area (Å²) in [5.74, 6) is 0. The average Bonchev–Trinajstić information content (AvgIpc) is 2.25. The van der Waals surface area contributed by atoms with Crippen LogP contribution in [-0.4, -0.2) is 26.2 Å². The largest absolute Gasteiger partial charge is 1.00 e. The fourth-order valence-electron chi connectivity index (χ4n) is 1.92. The first-order chi connectivity index (χ1) is 6.75. The molecule has 0 bridgehead atoms. The van der Waals surface area contributed by atoms with E-state index in [0.717, 1.165) is 26.2 Å². The molecule has 0 unspecified atom stereocenters. The van der Waals surface area contributed by atoms with Crippen LogP contribution in [0.15, 0.2) is 9.59 Å². The molecular formula is C10H13N2O2Ru. The van der Waals surface area contributed by atoms with Crippen LogP contribution in [0.3, 0.4) is 0 Å². The first-order valence-electron chi connectivity index (χ1n) is 4.96. The fraction of sp³-hybridized carbons (Fsp3) is 0.600. The van der Waals surface area contributed by atoms with Crippen LogP contribution in [0.5, 0.6) is 0 Å². The Hall–Kier alpha value is -0.537. The van der Waals surface area contributed by atoms with E-state index in [1.165, 1.54) is 0 Å². The summed E-state index contributed by atoms with van der Waals surface area (Å²) >= 11 is 0. The van der Waals surface area contributed by atoms with Crippen molar-refractivity contribution in [3.05, 3.63) is 31.3 Å². The van der Waals surface area contributed by atoms with Gasteiger partial charge in [-0.05, 0) is 19.5 Å². The van der Waals surface area contributed by atoms with Gasteiger partial charge in [0, 0.05) is 5.56 Å². The van der Waals surface area contributed by atoms with E-state index < -0.39 is 0 Å². The number of piperazine rings is 1. The predicted molar refractivity (Wildman–Crippen MR) is 56.0 cm³/mol. The van der Waals surface area contributed by atoms with Crippen LogP contribution in [0.25, 0.3) is 5.32 Å². The van der Waals surface area contributed by atoms with Crippen molar-refractivity contribution < 1.29 is 19.5 Å². The molecule has 0 atom stereocenters. The third-order valence-corrected chi connectivity index (χ3v) is 2.71. The molecule has 1 aliphatic heterocycles. The van der Waals surface area contributed by atoms with Gasteiger partial charge >= 0.3 is 19.5 Å². The summed E-state index contributed by atoms with van der Waals surface area (Å²) in [5.41, 5.74) is 0.776. The summed E-state index contributed by atoms with van der Waals surface area (Å²) in [4.78, 5) is 24.5. The SMILES string of the molecule is CCc1c(N2CC[N-]CC2)c(=O)c1=O.[Ru+]. The zero-order valence-electron chi connectivity index (χ0n) is 8.60. The Morgan fingerprint density at radius 2 is 1.80 bits per heavy atom. The summed E-state index contributed by atoms with van der Waals surface area (Å²) in [7, 11) is 0. The first kappa shape index (κ1) is 12.5. The molecule has 83 valence electrons. The molecule has 2 rings (SSSR count). The van der Waals surface area contributed by atoms with E-state index in [4.69, 9.17) is 0 Å². The second-order valence-corrected chi connectivity index (χ2v) is 3.50. The van der Waals surface area contributed by atoms with Crippen molar-refractivity contribution in [2.75, 3.05) is 31.1 Å². The van der Waals surface area contributed by atoms with Crippen molar-refractivity contribution in [2.24, 2.45) is 0 Å². The maximum atomic E-state index is 11.4. The summed E-state index contributed by atoms with van der Waals surface area (Å²) in [6, 6.07) is 0. The minimum Gasteiger partial charge on any atom is -0.659 e. The maximum absolute atomic E-state index is 11.4. The molecule has 1 radical (unpaired) electrons.